The summed E-state index contributed by atoms with van der Waals surface area (Å²) in [4.78, 5) is 22.1. The van der Waals surface area contributed by atoms with Gasteiger partial charge in [0.25, 0.3) is 5.69 Å². The minimum Gasteiger partial charge on any atom is -0.444 e. The third-order valence-corrected chi connectivity index (χ3v) is 3.02. The number of nitrogens with zero attached hydrogens (tertiary/aromatic N) is 4. The van der Waals surface area contributed by atoms with Crippen LogP contribution in [0.5, 0.6) is 0 Å². The molecular formula is C14H11N5O4. The third kappa shape index (κ3) is 3.23. The lowest BCUT2D eigenvalue weighted by Gasteiger charge is -2.05. The highest BCUT2D eigenvalue weighted by Gasteiger charge is 2.13. The van der Waals surface area contributed by atoms with Gasteiger partial charge in [-0.05, 0) is 11.6 Å². The minimum absolute atomic E-state index is 0.0433. The van der Waals surface area contributed by atoms with Gasteiger partial charge >= 0.3 is 6.09 Å². The van der Waals surface area contributed by atoms with E-state index in [0.29, 0.717) is 5.65 Å². The summed E-state index contributed by atoms with van der Waals surface area (Å²) in [5.74, 6) is 0.0433. The maximum Gasteiger partial charge on any atom is 0.414 e. The summed E-state index contributed by atoms with van der Waals surface area (Å²) in [5, 5.41) is 20.8. The zero-order valence-corrected chi connectivity index (χ0v) is 11.7. The highest BCUT2D eigenvalue weighted by molar-refractivity contribution is 5.82. The summed E-state index contributed by atoms with van der Waals surface area (Å²) in [7, 11) is 0. The Labute approximate surface area is 129 Å². The number of nitrogens with one attached hydrogen (secondary N) is 1. The van der Waals surface area contributed by atoms with Crippen LogP contribution in [0.3, 0.4) is 0 Å². The second-order valence-corrected chi connectivity index (χ2v) is 4.58. The number of anilines is 1. The van der Waals surface area contributed by atoms with Crippen LogP contribution < -0.4 is 5.32 Å². The summed E-state index contributed by atoms with van der Waals surface area (Å²) in [5.41, 5.74) is 1.07. The summed E-state index contributed by atoms with van der Waals surface area (Å²) in [6.07, 6.45) is 0.497. The molecule has 0 aliphatic rings. The number of amides is 1. The number of benzene rings is 1. The monoisotopic (exact) mass is 313 g/mol. The van der Waals surface area contributed by atoms with E-state index in [1.54, 1.807) is 0 Å². The van der Waals surface area contributed by atoms with Crippen molar-refractivity contribution in [2.24, 2.45) is 0 Å². The first-order chi connectivity index (χ1) is 11.1. The molecule has 0 atom stereocenters. The zero-order valence-electron chi connectivity index (χ0n) is 11.7. The number of hydrogen-bond acceptors (Lipinski definition) is 6. The van der Waals surface area contributed by atoms with Gasteiger partial charge in [-0.25, -0.2) is 4.79 Å². The molecule has 0 unspecified atom stereocenters. The standard InChI is InChI=1S/C14H11N5O4/c20-14(23-9-10-4-2-1-3-5-10)15-13-17-16-12-7-6-11(19(21)22)8-18(12)13/h1-8H,9H2,(H,15,17,20). The molecule has 116 valence electrons. The Bertz CT molecular complexity index is 862. The van der Waals surface area contributed by atoms with Crippen molar-refractivity contribution in [3.8, 4) is 0 Å². The van der Waals surface area contributed by atoms with Gasteiger partial charge in [0.15, 0.2) is 5.65 Å². The van der Waals surface area contributed by atoms with Gasteiger partial charge in [0.1, 0.15) is 6.61 Å². The molecule has 23 heavy (non-hydrogen) atoms. The fourth-order valence-corrected chi connectivity index (χ4v) is 1.92. The van der Waals surface area contributed by atoms with Crippen LogP contribution in [-0.4, -0.2) is 25.6 Å². The summed E-state index contributed by atoms with van der Waals surface area (Å²) >= 11 is 0. The molecule has 0 aliphatic carbocycles. The van der Waals surface area contributed by atoms with Gasteiger partial charge in [-0.1, -0.05) is 30.3 Å². The zero-order chi connectivity index (χ0) is 16.2. The molecule has 2 heterocycles. The largest absolute Gasteiger partial charge is 0.444 e. The van der Waals surface area contributed by atoms with Crippen molar-refractivity contribution in [2.75, 3.05) is 5.32 Å². The maximum absolute atomic E-state index is 11.8. The lowest BCUT2D eigenvalue weighted by Crippen LogP contribution is -2.15. The van der Waals surface area contributed by atoms with E-state index >= 15 is 0 Å². The van der Waals surface area contributed by atoms with Crippen LogP contribution in [0.25, 0.3) is 5.65 Å². The van der Waals surface area contributed by atoms with E-state index in [2.05, 4.69) is 15.5 Å². The molecule has 0 saturated heterocycles. The summed E-state index contributed by atoms with van der Waals surface area (Å²) in [6, 6.07) is 11.9. The molecule has 0 aliphatic heterocycles. The molecule has 0 bridgehead atoms. The first kappa shape index (κ1) is 14.4. The minimum atomic E-state index is -0.727. The number of nitro groups is 1. The lowest BCUT2D eigenvalue weighted by molar-refractivity contribution is -0.385. The fraction of sp³-hybridized carbons (Fsp3) is 0.0714. The van der Waals surface area contributed by atoms with E-state index in [1.165, 1.54) is 22.7 Å². The molecule has 1 amide bonds. The van der Waals surface area contributed by atoms with Crippen molar-refractivity contribution in [1.29, 1.82) is 0 Å². The Balaban J connectivity index is 1.72. The van der Waals surface area contributed by atoms with E-state index in [0.717, 1.165) is 5.56 Å². The van der Waals surface area contributed by atoms with Crippen molar-refractivity contribution in [3.05, 3.63) is 64.3 Å². The van der Waals surface area contributed by atoms with Crippen LogP contribution in [0.1, 0.15) is 5.56 Å². The van der Waals surface area contributed by atoms with Crippen LogP contribution in [0.15, 0.2) is 48.7 Å². The molecule has 2 aromatic heterocycles. The number of ether oxygens (including phenoxy) is 1. The van der Waals surface area contributed by atoms with Crippen molar-refractivity contribution in [2.45, 2.75) is 6.61 Å². The average molecular weight is 313 g/mol. The van der Waals surface area contributed by atoms with Crippen LogP contribution in [0.2, 0.25) is 0 Å². The third-order valence-electron chi connectivity index (χ3n) is 3.02. The molecule has 9 heteroatoms. The van der Waals surface area contributed by atoms with Crippen molar-refractivity contribution in [3.63, 3.8) is 0 Å². The Morgan fingerprint density at radius 3 is 2.74 bits per heavy atom. The number of rotatable bonds is 4. The summed E-state index contributed by atoms with van der Waals surface area (Å²) in [6.45, 7) is 0.101. The number of aromatic nitrogens is 3. The van der Waals surface area contributed by atoms with Crippen LogP contribution >= 0.6 is 0 Å². The number of carbonyl (C=O) groups is 1. The Kier molecular flexibility index (Phi) is 3.83. The second-order valence-electron chi connectivity index (χ2n) is 4.58. The molecule has 0 spiro atoms. The van der Waals surface area contributed by atoms with Gasteiger partial charge in [-0.3, -0.25) is 19.8 Å². The van der Waals surface area contributed by atoms with E-state index in [-0.39, 0.29) is 18.2 Å². The lowest BCUT2D eigenvalue weighted by atomic mass is 10.2. The first-order valence-corrected chi connectivity index (χ1v) is 6.60. The summed E-state index contributed by atoms with van der Waals surface area (Å²) < 4.78 is 6.37. The molecule has 0 saturated carbocycles. The quantitative estimate of drug-likeness (QED) is 0.584. The fourth-order valence-electron chi connectivity index (χ4n) is 1.92. The number of hydrogen-bond donors (Lipinski definition) is 1. The predicted molar refractivity (Wildman–Crippen MR) is 79.9 cm³/mol. The van der Waals surface area contributed by atoms with Gasteiger partial charge in [0.2, 0.25) is 5.95 Å². The Hall–Kier alpha value is -3.49. The molecule has 3 rings (SSSR count). The molecular weight excluding hydrogens is 302 g/mol. The van der Waals surface area contributed by atoms with Crippen molar-refractivity contribution >= 4 is 23.4 Å². The molecule has 9 nitrogen and oxygen atoms in total. The van der Waals surface area contributed by atoms with E-state index in [4.69, 9.17) is 4.74 Å². The highest BCUT2D eigenvalue weighted by atomic mass is 16.6. The van der Waals surface area contributed by atoms with Crippen LogP contribution in [0.4, 0.5) is 16.4 Å². The molecule has 0 radical (unpaired) electrons. The topological polar surface area (TPSA) is 112 Å². The second kappa shape index (κ2) is 6.10. The normalized spacial score (nSPS) is 10.4. The first-order valence-electron chi connectivity index (χ1n) is 6.60. The van der Waals surface area contributed by atoms with Crippen molar-refractivity contribution in [1.82, 2.24) is 14.6 Å². The number of fused-ring (bicyclic) bond motifs is 1. The maximum atomic E-state index is 11.8. The van der Waals surface area contributed by atoms with Gasteiger partial charge in [0, 0.05) is 6.07 Å². The Morgan fingerprint density at radius 1 is 1.22 bits per heavy atom. The van der Waals surface area contributed by atoms with Crippen LogP contribution in [-0.2, 0) is 11.3 Å². The smallest absolute Gasteiger partial charge is 0.414 e. The van der Waals surface area contributed by atoms with Gasteiger partial charge in [0.05, 0.1) is 11.1 Å². The number of carbonyl (C=O) groups excluding carboxylic acids is 1. The van der Waals surface area contributed by atoms with E-state index in [9.17, 15) is 14.9 Å². The Morgan fingerprint density at radius 2 is 2.00 bits per heavy atom. The molecule has 0 fully saturated rings. The molecule has 3 aromatic rings. The van der Waals surface area contributed by atoms with Crippen LogP contribution in [0, 0.1) is 10.1 Å². The number of pyridine rings is 1. The van der Waals surface area contributed by atoms with Gasteiger partial charge in [-0.15, -0.1) is 10.2 Å². The van der Waals surface area contributed by atoms with Gasteiger partial charge < -0.3 is 4.74 Å². The van der Waals surface area contributed by atoms with E-state index in [1.807, 2.05) is 30.3 Å². The SMILES string of the molecule is O=C(Nc1nnc2ccc([N+](=O)[O-])cn12)OCc1ccccc1. The average Bonchev–Trinajstić information content (AvgIpc) is 2.96. The molecule has 1 N–H and O–H groups in total. The van der Waals surface area contributed by atoms with E-state index < -0.39 is 11.0 Å². The van der Waals surface area contributed by atoms with Gasteiger partial charge in [-0.2, -0.15) is 0 Å². The van der Waals surface area contributed by atoms with Crippen molar-refractivity contribution < 1.29 is 14.5 Å². The molecule has 1 aromatic carbocycles. The predicted octanol–water partition coefficient (Wildman–Crippen LogP) is 2.39. The highest BCUT2D eigenvalue weighted by Crippen LogP contribution is 2.15.